The molecule has 0 saturated carbocycles. The molecule has 0 fully saturated rings. The molecule has 4 aromatic rings. The highest BCUT2D eigenvalue weighted by Crippen LogP contribution is 2.24. The average Bonchev–Trinajstić information content (AvgIpc) is 3.10. The Morgan fingerprint density at radius 1 is 1.10 bits per heavy atom. The fourth-order valence-electron chi connectivity index (χ4n) is 3.17. The summed E-state index contributed by atoms with van der Waals surface area (Å²) in [5.74, 6) is -0.368. The van der Waals surface area contributed by atoms with E-state index in [-0.39, 0.29) is 24.6 Å². The summed E-state index contributed by atoms with van der Waals surface area (Å²) in [7, 11) is 0. The molecule has 29 heavy (non-hydrogen) atoms. The lowest BCUT2D eigenvalue weighted by atomic mass is 10.1. The van der Waals surface area contributed by atoms with Crippen LogP contribution < -0.4 is 10.9 Å². The number of carbonyl (C=O) groups excluding carboxylic acids is 1. The van der Waals surface area contributed by atoms with Crippen molar-refractivity contribution in [2.75, 3.05) is 5.32 Å². The lowest BCUT2D eigenvalue weighted by Crippen LogP contribution is -2.28. The summed E-state index contributed by atoms with van der Waals surface area (Å²) in [4.78, 5) is 25.4. The maximum Gasteiger partial charge on any atom is 0.277 e. The minimum Gasteiger partial charge on any atom is -0.392 e. The summed E-state index contributed by atoms with van der Waals surface area (Å²) >= 11 is 5.93. The highest BCUT2D eigenvalue weighted by molar-refractivity contribution is 6.30. The number of aromatic nitrogens is 3. The minimum absolute atomic E-state index is 0.182. The Bertz CT molecular complexity index is 1250. The molecule has 1 amide bonds. The Kier molecular flexibility index (Phi) is 5.16. The second-order valence-electron chi connectivity index (χ2n) is 6.43. The molecule has 0 aliphatic heterocycles. The van der Waals surface area contributed by atoms with Crippen molar-refractivity contribution < 1.29 is 9.90 Å². The van der Waals surface area contributed by atoms with E-state index in [0.717, 1.165) is 5.56 Å². The summed E-state index contributed by atoms with van der Waals surface area (Å²) < 4.78 is 2.71. The van der Waals surface area contributed by atoms with E-state index in [4.69, 9.17) is 11.6 Å². The molecule has 8 heteroatoms. The van der Waals surface area contributed by atoms with E-state index < -0.39 is 5.56 Å². The van der Waals surface area contributed by atoms with Gasteiger partial charge in [-0.2, -0.15) is 5.10 Å². The van der Waals surface area contributed by atoms with Crippen molar-refractivity contribution in [2.24, 2.45) is 0 Å². The third kappa shape index (κ3) is 3.78. The monoisotopic (exact) mass is 408 g/mol. The van der Waals surface area contributed by atoms with Crippen molar-refractivity contribution >= 4 is 28.7 Å². The van der Waals surface area contributed by atoms with Crippen molar-refractivity contribution in [2.45, 2.75) is 13.2 Å². The summed E-state index contributed by atoms with van der Waals surface area (Å²) in [6.45, 7) is -0.528. The number of amides is 1. The normalized spacial score (nSPS) is 11.0. The molecule has 0 atom stereocenters. The van der Waals surface area contributed by atoms with Crippen molar-refractivity contribution in [1.82, 2.24) is 14.2 Å². The van der Waals surface area contributed by atoms with Gasteiger partial charge in [-0.25, -0.2) is 4.52 Å². The summed E-state index contributed by atoms with van der Waals surface area (Å²) in [6.07, 6.45) is 3.09. The fraction of sp³-hybridized carbons (Fsp3) is 0.0952. The van der Waals surface area contributed by atoms with Gasteiger partial charge in [0.15, 0.2) is 0 Å². The van der Waals surface area contributed by atoms with Crippen LogP contribution in [0.15, 0.2) is 71.8 Å². The first kappa shape index (κ1) is 18.9. The maximum atomic E-state index is 13.0. The molecular formula is C21H17ClN4O3. The standard InChI is InChI=1S/C21H17ClN4O3/c22-15-7-4-8-16(11-15)23-18(28)12-25-9-10-26-20(21(25)29)17(13-27)19(24-26)14-5-2-1-3-6-14/h1-11,27H,12-13H2,(H,23,28). The van der Waals surface area contributed by atoms with Gasteiger partial charge in [0.2, 0.25) is 5.91 Å². The van der Waals surface area contributed by atoms with Crippen LogP contribution in [-0.2, 0) is 17.9 Å². The summed E-state index contributed by atoms with van der Waals surface area (Å²) in [5, 5.41) is 17.5. The predicted molar refractivity (Wildman–Crippen MR) is 111 cm³/mol. The van der Waals surface area contributed by atoms with Gasteiger partial charge in [-0.15, -0.1) is 0 Å². The van der Waals surface area contributed by atoms with E-state index in [2.05, 4.69) is 10.4 Å². The lowest BCUT2D eigenvalue weighted by molar-refractivity contribution is -0.116. The molecule has 0 aliphatic carbocycles. The van der Waals surface area contributed by atoms with E-state index in [0.29, 0.717) is 22.0 Å². The molecule has 4 rings (SSSR count). The largest absolute Gasteiger partial charge is 0.392 e. The van der Waals surface area contributed by atoms with Gasteiger partial charge >= 0.3 is 0 Å². The Morgan fingerprint density at radius 2 is 1.90 bits per heavy atom. The highest BCUT2D eigenvalue weighted by Gasteiger charge is 2.18. The molecule has 7 nitrogen and oxygen atoms in total. The second-order valence-corrected chi connectivity index (χ2v) is 6.87. The van der Waals surface area contributed by atoms with Gasteiger partial charge in [-0.05, 0) is 18.2 Å². The Morgan fingerprint density at radius 3 is 2.62 bits per heavy atom. The van der Waals surface area contributed by atoms with Gasteiger partial charge in [-0.1, -0.05) is 48.0 Å². The highest BCUT2D eigenvalue weighted by atomic mass is 35.5. The smallest absolute Gasteiger partial charge is 0.277 e. The Hall–Kier alpha value is -3.42. The second kappa shape index (κ2) is 7.90. The molecule has 2 aromatic heterocycles. The quantitative estimate of drug-likeness (QED) is 0.531. The zero-order valence-corrected chi connectivity index (χ0v) is 16.0. The number of hydrogen-bond donors (Lipinski definition) is 2. The van der Waals surface area contributed by atoms with E-state index in [1.165, 1.54) is 15.3 Å². The van der Waals surface area contributed by atoms with Crippen LogP contribution in [0.3, 0.4) is 0 Å². The van der Waals surface area contributed by atoms with Crippen molar-refractivity contribution in [3.8, 4) is 11.3 Å². The SMILES string of the molecule is O=C(Cn1ccn2nc(-c3ccccc3)c(CO)c2c1=O)Nc1cccc(Cl)c1. The zero-order valence-electron chi connectivity index (χ0n) is 15.2. The molecule has 0 spiro atoms. The Labute approximate surface area is 170 Å². The van der Waals surface area contributed by atoms with Crippen LogP contribution in [0.25, 0.3) is 16.8 Å². The number of carbonyl (C=O) groups is 1. The number of nitrogens with one attached hydrogen (secondary N) is 1. The van der Waals surface area contributed by atoms with E-state index >= 15 is 0 Å². The molecule has 0 bridgehead atoms. The first-order chi connectivity index (χ1) is 14.1. The first-order valence-electron chi connectivity index (χ1n) is 8.89. The van der Waals surface area contributed by atoms with Crippen molar-refractivity contribution in [3.05, 3.63) is 87.9 Å². The predicted octanol–water partition coefficient (Wildman–Crippen LogP) is 2.95. The molecule has 2 heterocycles. The van der Waals surface area contributed by atoms with Crippen LogP contribution in [-0.4, -0.2) is 25.2 Å². The molecule has 2 aromatic carbocycles. The summed E-state index contributed by atoms with van der Waals surface area (Å²) in [6, 6.07) is 16.1. The van der Waals surface area contributed by atoms with Gasteiger partial charge in [0.25, 0.3) is 5.56 Å². The molecule has 0 unspecified atom stereocenters. The number of aliphatic hydroxyl groups is 1. The zero-order chi connectivity index (χ0) is 20.4. The minimum atomic E-state index is -0.410. The number of anilines is 1. The molecular weight excluding hydrogens is 392 g/mol. The first-order valence-corrected chi connectivity index (χ1v) is 9.27. The average molecular weight is 409 g/mol. The number of hydrogen-bond acceptors (Lipinski definition) is 4. The third-order valence-corrected chi connectivity index (χ3v) is 4.72. The Balaban J connectivity index is 1.69. The number of benzene rings is 2. The van der Waals surface area contributed by atoms with Crippen LogP contribution >= 0.6 is 11.6 Å². The molecule has 2 N–H and O–H groups in total. The molecule has 0 aliphatic rings. The fourth-order valence-corrected chi connectivity index (χ4v) is 3.36. The third-order valence-electron chi connectivity index (χ3n) is 4.49. The number of nitrogens with zero attached hydrogens (tertiary/aromatic N) is 3. The van der Waals surface area contributed by atoms with Gasteiger partial charge in [0.1, 0.15) is 12.1 Å². The number of halogens is 1. The van der Waals surface area contributed by atoms with Gasteiger partial charge in [0, 0.05) is 34.2 Å². The maximum absolute atomic E-state index is 13.0. The van der Waals surface area contributed by atoms with Crippen LogP contribution in [0.2, 0.25) is 5.02 Å². The molecule has 0 saturated heterocycles. The van der Waals surface area contributed by atoms with Crippen LogP contribution in [0.4, 0.5) is 5.69 Å². The van der Waals surface area contributed by atoms with Crippen LogP contribution in [0, 0.1) is 0 Å². The van der Waals surface area contributed by atoms with Crippen LogP contribution in [0.5, 0.6) is 0 Å². The van der Waals surface area contributed by atoms with E-state index in [9.17, 15) is 14.7 Å². The lowest BCUT2D eigenvalue weighted by Gasteiger charge is -2.08. The van der Waals surface area contributed by atoms with Crippen LogP contribution in [0.1, 0.15) is 5.56 Å². The number of rotatable bonds is 5. The molecule has 0 radical (unpaired) electrons. The van der Waals surface area contributed by atoms with Crippen molar-refractivity contribution in [1.29, 1.82) is 0 Å². The van der Waals surface area contributed by atoms with Gasteiger partial charge < -0.3 is 15.0 Å². The van der Waals surface area contributed by atoms with E-state index in [1.807, 2.05) is 30.3 Å². The van der Waals surface area contributed by atoms with Crippen molar-refractivity contribution in [3.63, 3.8) is 0 Å². The topological polar surface area (TPSA) is 88.6 Å². The summed E-state index contributed by atoms with van der Waals surface area (Å²) in [5.41, 5.74) is 2.13. The van der Waals surface area contributed by atoms with Gasteiger partial charge in [0.05, 0.1) is 12.3 Å². The number of aliphatic hydroxyl groups excluding tert-OH is 1. The van der Waals surface area contributed by atoms with E-state index in [1.54, 1.807) is 30.5 Å². The molecule has 146 valence electrons. The van der Waals surface area contributed by atoms with Gasteiger partial charge in [-0.3, -0.25) is 9.59 Å². The number of fused-ring (bicyclic) bond motifs is 1.